The summed E-state index contributed by atoms with van der Waals surface area (Å²) in [7, 11) is 0. The van der Waals surface area contributed by atoms with Crippen LogP contribution in [0.25, 0.3) is 10.8 Å². The molecule has 0 bridgehead atoms. The molecule has 0 aliphatic carbocycles. The van der Waals surface area contributed by atoms with E-state index in [4.69, 9.17) is 0 Å². The minimum Gasteiger partial charge on any atom is -0.349 e. The summed E-state index contributed by atoms with van der Waals surface area (Å²) in [6.07, 6.45) is 0.203. The third-order valence-electron chi connectivity index (χ3n) is 4.04. The molecule has 0 fully saturated rings. The molecule has 1 atom stereocenters. The molecule has 2 nitrogen and oxygen atoms in total. The highest BCUT2D eigenvalue weighted by Gasteiger charge is 2.15. The summed E-state index contributed by atoms with van der Waals surface area (Å²) >= 11 is 0. The summed E-state index contributed by atoms with van der Waals surface area (Å²) < 4.78 is 26.8. The number of amides is 1. The lowest BCUT2D eigenvalue weighted by atomic mass is 10.0. The molecule has 1 amide bonds. The van der Waals surface area contributed by atoms with E-state index in [1.165, 1.54) is 12.1 Å². The second-order valence-electron chi connectivity index (χ2n) is 5.77. The first kappa shape index (κ1) is 16.1. The first-order valence-electron chi connectivity index (χ1n) is 7.75. The highest BCUT2D eigenvalue weighted by Crippen LogP contribution is 2.20. The number of carbonyl (C=O) groups excluding carboxylic acids is 1. The van der Waals surface area contributed by atoms with Gasteiger partial charge in [0.25, 0.3) is 0 Å². The zero-order chi connectivity index (χ0) is 17.1. The van der Waals surface area contributed by atoms with E-state index in [-0.39, 0.29) is 17.9 Å². The quantitative estimate of drug-likeness (QED) is 0.750. The molecule has 24 heavy (non-hydrogen) atoms. The third kappa shape index (κ3) is 3.43. The summed E-state index contributed by atoms with van der Waals surface area (Å²) in [5, 5.41) is 4.86. The van der Waals surface area contributed by atoms with Crippen LogP contribution in [0.5, 0.6) is 0 Å². The highest BCUT2D eigenvalue weighted by atomic mass is 19.1. The molecule has 0 aliphatic rings. The average Bonchev–Trinajstić information content (AvgIpc) is 2.55. The molecule has 1 unspecified atom stereocenters. The minimum atomic E-state index is -0.659. The Morgan fingerprint density at radius 2 is 1.79 bits per heavy atom. The summed E-state index contributed by atoms with van der Waals surface area (Å²) in [6, 6.07) is 16.5. The normalized spacial score (nSPS) is 12.1. The molecule has 0 saturated heterocycles. The molecule has 122 valence electrons. The van der Waals surface area contributed by atoms with Crippen LogP contribution in [-0.2, 0) is 11.2 Å². The lowest BCUT2D eigenvalue weighted by molar-refractivity contribution is -0.121. The van der Waals surface area contributed by atoms with Crippen LogP contribution in [0.4, 0.5) is 8.78 Å². The topological polar surface area (TPSA) is 29.1 Å². The number of nitrogens with one attached hydrogen (secondary N) is 1. The Hall–Kier alpha value is -2.75. The molecular weight excluding hydrogens is 308 g/mol. The van der Waals surface area contributed by atoms with Gasteiger partial charge in [-0.15, -0.1) is 0 Å². The van der Waals surface area contributed by atoms with Crippen LogP contribution in [0, 0.1) is 11.6 Å². The van der Waals surface area contributed by atoms with Gasteiger partial charge in [0, 0.05) is 11.6 Å². The predicted octanol–water partition coefficient (Wildman–Crippen LogP) is 4.54. The summed E-state index contributed by atoms with van der Waals surface area (Å²) in [6.45, 7) is 1.68. The van der Waals surface area contributed by atoms with Crippen molar-refractivity contribution in [1.29, 1.82) is 0 Å². The number of benzene rings is 3. The first-order chi connectivity index (χ1) is 11.5. The Morgan fingerprint density at radius 3 is 2.58 bits per heavy atom. The van der Waals surface area contributed by atoms with Crippen molar-refractivity contribution in [2.24, 2.45) is 0 Å². The minimum absolute atomic E-state index is 0.203. The molecule has 0 aliphatic heterocycles. The van der Waals surface area contributed by atoms with Gasteiger partial charge in [0.2, 0.25) is 5.91 Å². The largest absolute Gasteiger partial charge is 0.349 e. The van der Waals surface area contributed by atoms with E-state index in [1.807, 2.05) is 42.5 Å². The zero-order valence-corrected chi connectivity index (χ0v) is 13.2. The van der Waals surface area contributed by atoms with Gasteiger partial charge in [-0.3, -0.25) is 4.79 Å². The molecule has 0 saturated carbocycles. The van der Waals surface area contributed by atoms with Crippen molar-refractivity contribution < 1.29 is 13.6 Å². The van der Waals surface area contributed by atoms with Gasteiger partial charge in [0.05, 0.1) is 12.5 Å². The Bertz CT molecular complexity index is 886. The third-order valence-corrected chi connectivity index (χ3v) is 4.04. The number of hydrogen-bond acceptors (Lipinski definition) is 1. The van der Waals surface area contributed by atoms with Crippen LogP contribution in [-0.4, -0.2) is 5.91 Å². The smallest absolute Gasteiger partial charge is 0.224 e. The maximum absolute atomic E-state index is 13.8. The Balaban J connectivity index is 1.75. The van der Waals surface area contributed by atoms with Crippen LogP contribution in [0.3, 0.4) is 0 Å². The number of halogens is 2. The van der Waals surface area contributed by atoms with Crippen LogP contribution in [0.15, 0.2) is 60.7 Å². The highest BCUT2D eigenvalue weighted by molar-refractivity contribution is 5.90. The molecule has 0 heterocycles. The lowest BCUT2D eigenvalue weighted by Crippen LogP contribution is -2.28. The van der Waals surface area contributed by atoms with E-state index in [0.717, 1.165) is 22.4 Å². The number of fused-ring (bicyclic) bond motifs is 1. The second-order valence-corrected chi connectivity index (χ2v) is 5.77. The fourth-order valence-corrected chi connectivity index (χ4v) is 2.84. The number of rotatable bonds is 4. The van der Waals surface area contributed by atoms with Crippen molar-refractivity contribution in [2.45, 2.75) is 19.4 Å². The van der Waals surface area contributed by atoms with Crippen molar-refractivity contribution in [3.05, 3.63) is 83.4 Å². The van der Waals surface area contributed by atoms with Crippen molar-refractivity contribution in [3.63, 3.8) is 0 Å². The Kier molecular flexibility index (Phi) is 4.56. The van der Waals surface area contributed by atoms with Crippen LogP contribution >= 0.6 is 0 Å². The van der Waals surface area contributed by atoms with Gasteiger partial charge < -0.3 is 5.32 Å². The molecule has 3 aromatic rings. The molecule has 3 rings (SSSR count). The lowest BCUT2D eigenvalue weighted by Gasteiger charge is -2.15. The molecule has 1 N–H and O–H groups in total. The predicted molar refractivity (Wildman–Crippen MR) is 90.6 cm³/mol. The molecule has 0 spiro atoms. The Morgan fingerprint density at radius 1 is 1.04 bits per heavy atom. The molecule has 4 heteroatoms. The number of carbonyl (C=O) groups is 1. The van der Waals surface area contributed by atoms with Crippen LogP contribution in [0.2, 0.25) is 0 Å². The first-order valence-corrected chi connectivity index (χ1v) is 7.75. The standard InChI is InChI=1S/C20H17F2NO/c1-13(17-10-9-16(21)12-19(17)22)23-20(24)11-15-7-4-6-14-5-2-3-8-18(14)15/h2-10,12-13H,11H2,1H3,(H,23,24). The van der Waals surface area contributed by atoms with Gasteiger partial charge in [0.15, 0.2) is 0 Å². The molecule has 3 aromatic carbocycles. The van der Waals surface area contributed by atoms with Crippen molar-refractivity contribution >= 4 is 16.7 Å². The van der Waals surface area contributed by atoms with E-state index in [2.05, 4.69) is 5.32 Å². The summed E-state index contributed by atoms with van der Waals surface area (Å²) in [5.74, 6) is -1.50. The van der Waals surface area contributed by atoms with Gasteiger partial charge in [0.1, 0.15) is 11.6 Å². The van der Waals surface area contributed by atoms with Gasteiger partial charge in [-0.05, 0) is 29.3 Å². The van der Waals surface area contributed by atoms with Gasteiger partial charge in [-0.1, -0.05) is 48.5 Å². The maximum atomic E-state index is 13.8. The fraction of sp³-hybridized carbons (Fsp3) is 0.150. The fourth-order valence-electron chi connectivity index (χ4n) is 2.84. The molecule has 0 radical (unpaired) electrons. The monoisotopic (exact) mass is 325 g/mol. The van der Waals surface area contributed by atoms with E-state index in [1.54, 1.807) is 6.92 Å². The van der Waals surface area contributed by atoms with Crippen molar-refractivity contribution in [2.75, 3.05) is 0 Å². The van der Waals surface area contributed by atoms with E-state index >= 15 is 0 Å². The molecule has 0 aromatic heterocycles. The van der Waals surface area contributed by atoms with Gasteiger partial charge >= 0.3 is 0 Å². The van der Waals surface area contributed by atoms with Gasteiger partial charge in [-0.2, -0.15) is 0 Å². The Labute approximate surface area is 139 Å². The maximum Gasteiger partial charge on any atom is 0.224 e. The number of hydrogen-bond donors (Lipinski definition) is 1. The van der Waals surface area contributed by atoms with Crippen molar-refractivity contribution in [3.8, 4) is 0 Å². The average molecular weight is 325 g/mol. The van der Waals surface area contributed by atoms with Crippen LogP contribution in [0.1, 0.15) is 24.1 Å². The van der Waals surface area contributed by atoms with Crippen molar-refractivity contribution in [1.82, 2.24) is 5.32 Å². The van der Waals surface area contributed by atoms with Gasteiger partial charge in [-0.25, -0.2) is 8.78 Å². The summed E-state index contributed by atoms with van der Waals surface area (Å²) in [5.41, 5.74) is 1.18. The zero-order valence-electron chi connectivity index (χ0n) is 13.2. The second kappa shape index (κ2) is 6.79. The SMILES string of the molecule is CC(NC(=O)Cc1cccc2ccccc12)c1ccc(F)cc1F. The summed E-state index contributed by atoms with van der Waals surface area (Å²) in [4.78, 5) is 12.3. The van der Waals surface area contributed by atoms with Crippen LogP contribution < -0.4 is 5.32 Å². The van der Waals surface area contributed by atoms with E-state index in [9.17, 15) is 13.6 Å². The van der Waals surface area contributed by atoms with E-state index in [0.29, 0.717) is 0 Å². The van der Waals surface area contributed by atoms with E-state index < -0.39 is 17.7 Å². The molecular formula is C20H17F2NO.